The summed E-state index contributed by atoms with van der Waals surface area (Å²) in [5, 5.41) is 6.68. The van der Waals surface area contributed by atoms with Crippen molar-refractivity contribution in [3.63, 3.8) is 0 Å². The lowest BCUT2D eigenvalue weighted by molar-refractivity contribution is -0.133. The van der Waals surface area contributed by atoms with E-state index in [1.54, 1.807) is 18.2 Å². The van der Waals surface area contributed by atoms with E-state index in [-0.39, 0.29) is 29.9 Å². The number of benzene rings is 2. The highest BCUT2D eigenvalue weighted by molar-refractivity contribution is 7.80. The highest BCUT2D eigenvalue weighted by Crippen LogP contribution is 2.32. The number of thiol groups is 1. The zero-order chi connectivity index (χ0) is 26.7. The Bertz CT molecular complexity index is 1320. The average molecular weight is 540 g/mol. The average Bonchev–Trinajstić information content (AvgIpc) is 3.35. The molecule has 38 heavy (non-hydrogen) atoms. The van der Waals surface area contributed by atoms with Crippen molar-refractivity contribution in [1.82, 2.24) is 10.6 Å². The summed E-state index contributed by atoms with van der Waals surface area (Å²) < 4.78 is 24.9. The SMILES string of the molecule is O=C(NC1(C(=O)NC2CCN(c3ccc(F)cc3OCS)CC2=O)CCCCC1)c1cc2ccccc2o1. The normalized spacial score (nSPS) is 19.3. The summed E-state index contributed by atoms with van der Waals surface area (Å²) in [6.45, 7) is 0.501. The molecule has 1 aliphatic heterocycles. The van der Waals surface area contributed by atoms with E-state index in [0.717, 1.165) is 24.6 Å². The van der Waals surface area contributed by atoms with Gasteiger partial charge in [-0.2, -0.15) is 0 Å². The van der Waals surface area contributed by atoms with Crippen molar-refractivity contribution in [2.24, 2.45) is 0 Å². The predicted molar refractivity (Wildman–Crippen MR) is 144 cm³/mol. The van der Waals surface area contributed by atoms with Gasteiger partial charge in [-0.3, -0.25) is 14.4 Å². The van der Waals surface area contributed by atoms with Gasteiger partial charge in [-0.05, 0) is 43.5 Å². The highest BCUT2D eigenvalue weighted by Gasteiger charge is 2.43. The first-order valence-electron chi connectivity index (χ1n) is 12.8. The number of ether oxygens (including phenoxy) is 1. The Hall–Kier alpha value is -3.53. The Morgan fingerprint density at radius 2 is 1.92 bits per heavy atom. The molecule has 3 aromatic rings. The first kappa shape index (κ1) is 26.1. The van der Waals surface area contributed by atoms with E-state index >= 15 is 0 Å². The Kier molecular flexibility index (Phi) is 7.60. The lowest BCUT2D eigenvalue weighted by Gasteiger charge is -2.39. The lowest BCUT2D eigenvalue weighted by atomic mass is 9.80. The highest BCUT2D eigenvalue weighted by atomic mass is 32.1. The minimum atomic E-state index is -1.11. The van der Waals surface area contributed by atoms with E-state index in [9.17, 15) is 18.8 Å². The number of amides is 2. The number of anilines is 1. The second-order valence-corrected chi connectivity index (χ2v) is 10.1. The number of carbonyl (C=O) groups excluding carboxylic acids is 3. The molecule has 2 amide bonds. The second-order valence-electron chi connectivity index (χ2n) is 9.83. The number of piperidine rings is 1. The molecule has 1 aliphatic carbocycles. The molecule has 1 saturated heterocycles. The molecule has 1 saturated carbocycles. The van der Waals surface area contributed by atoms with Crippen LogP contribution in [0.3, 0.4) is 0 Å². The quantitative estimate of drug-likeness (QED) is 0.307. The van der Waals surface area contributed by atoms with Crippen molar-refractivity contribution in [2.45, 2.75) is 50.1 Å². The summed E-state index contributed by atoms with van der Waals surface area (Å²) in [7, 11) is 0. The first-order chi connectivity index (χ1) is 18.4. The van der Waals surface area contributed by atoms with Crippen molar-refractivity contribution in [1.29, 1.82) is 0 Å². The number of fused-ring (bicyclic) bond motifs is 1. The third kappa shape index (κ3) is 5.36. The van der Waals surface area contributed by atoms with Gasteiger partial charge in [-0.25, -0.2) is 4.39 Å². The molecule has 1 atom stereocenters. The van der Waals surface area contributed by atoms with E-state index < -0.39 is 23.3 Å². The summed E-state index contributed by atoms with van der Waals surface area (Å²) in [5.74, 6) is -0.890. The summed E-state index contributed by atoms with van der Waals surface area (Å²) in [6.07, 6.45) is 3.89. The number of furan rings is 1. The van der Waals surface area contributed by atoms with Crippen molar-refractivity contribution in [2.75, 3.05) is 23.9 Å². The molecule has 0 bridgehead atoms. The van der Waals surface area contributed by atoms with Crippen LogP contribution in [0.25, 0.3) is 11.0 Å². The van der Waals surface area contributed by atoms with E-state index in [0.29, 0.717) is 42.8 Å². The van der Waals surface area contributed by atoms with Crippen molar-refractivity contribution in [3.8, 4) is 5.75 Å². The largest absolute Gasteiger partial charge is 0.481 e. The Balaban J connectivity index is 1.28. The van der Waals surface area contributed by atoms with E-state index in [1.165, 1.54) is 12.1 Å². The number of para-hydroxylation sites is 1. The molecule has 1 aromatic heterocycles. The number of carbonyl (C=O) groups is 3. The molecule has 0 radical (unpaired) electrons. The van der Waals surface area contributed by atoms with Crippen molar-refractivity contribution in [3.05, 3.63) is 60.1 Å². The van der Waals surface area contributed by atoms with Gasteiger partial charge >= 0.3 is 0 Å². The maximum absolute atomic E-state index is 13.7. The smallest absolute Gasteiger partial charge is 0.287 e. The maximum Gasteiger partial charge on any atom is 0.287 e. The van der Waals surface area contributed by atoms with Gasteiger partial charge in [0, 0.05) is 18.0 Å². The minimum Gasteiger partial charge on any atom is -0.481 e. The van der Waals surface area contributed by atoms with Crippen LogP contribution in [0.4, 0.5) is 10.1 Å². The van der Waals surface area contributed by atoms with Crippen molar-refractivity contribution < 1.29 is 27.9 Å². The summed E-state index contributed by atoms with van der Waals surface area (Å²) in [4.78, 5) is 41.7. The zero-order valence-electron chi connectivity index (χ0n) is 20.9. The maximum atomic E-state index is 13.7. The molecule has 8 nitrogen and oxygen atoms in total. The van der Waals surface area contributed by atoms with Crippen LogP contribution < -0.4 is 20.3 Å². The Morgan fingerprint density at radius 3 is 2.66 bits per heavy atom. The molecule has 1 unspecified atom stereocenters. The van der Waals surface area contributed by atoms with Crippen LogP contribution in [-0.4, -0.2) is 48.2 Å². The fourth-order valence-corrected chi connectivity index (χ4v) is 5.49. The minimum absolute atomic E-state index is 0.0395. The summed E-state index contributed by atoms with van der Waals surface area (Å²) in [6, 6.07) is 12.5. The van der Waals surface area contributed by atoms with Gasteiger partial charge in [0.1, 0.15) is 28.6 Å². The van der Waals surface area contributed by atoms with Gasteiger partial charge in [-0.1, -0.05) is 37.5 Å². The number of hydrogen-bond acceptors (Lipinski definition) is 7. The van der Waals surface area contributed by atoms with Gasteiger partial charge in [0.15, 0.2) is 11.5 Å². The molecule has 10 heteroatoms. The standard InChI is InChI=1S/C28H30FN3O5S/c29-19-8-9-21(24(15-19)36-17-38)32-13-10-20(22(33)16-32)30-27(35)28(11-4-1-5-12-28)31-26(34)25-14-18-6-2-3-7-23(18)37-25/h2-3,6-9,14-15,20,38H,1,4-5,10-13,16-17H2,(H,30,35)(H,31,34). The molecular weight excluding hydrogens is 509 g/mol. The Labute approximate surface area is 225 Å². The lowest BCUT2D eigenvalue weighted by Crippen LogP contribution is -2.63. The number of ketones is 1. The van der Waals surface area contributed by atoms with Gasteiger partial charge in [0.25, 0.3) is 5.91 Å². The van der Waals surface area contributed by atoms with Crippen LogP contribution in [0.15, 0.2) is 52.9 Å². The van der Waals surface area contributed by atoms with E-state index in [4.69, 9.17) is 9.15 Å². The molecular formula is C28H30FN3O5S. The third-order valence-electron chi connectivity index (χ3n) is 7.35. The zero-order valence-corrected chi connectivity index (χ0v) is 21.8. The van der Waals surface area contributed by atoms with Crippen LogP contribution >= 0.6 is 12.6 Å². The van der Waals surface area contributed by atoms with Crippen LogP contribution in [0, 0.1) is 5.82 Å². The number of hydrogen-bond donors (Lipinski definition) is 3. The molecule has 0 spiro atoms. The predicted octanol–water partition coefficient (Wildman–Crippen LogP) is 4.23. The fourth-order valence-electron chi connectivity index (χ4n) is 5.35. The van der Waals surface area contributed by atoms with Crippen LogP contribution in [0.1, 0.15) is 49.1 Å². The topological polar surface area (TPSA) is 101 Å². The molecule has 2 N–H and O–H groups in total. The molecule has 2 fully saturated rings. The third-order valence-corrected chi connectivity index (χ3v) is 7.48. The van der Waals surface area contributed by atoms with E-state index in [1.807, 2.05) is 23.1 Å². The number of rotatable bonds is 7. The molecule has 2 aliphatic rings. The molecule has 200 valence electrons. The number of nitrogens with zero attached hydrogens (tertiary/aromatic N) is 1. The van der Waals surface area contributed by atoms with Crippen LogP contribution in [0.5, 0.6) is 5.75 Å². The molecule has 2 heterocycles. The van der Waals surface area contributed by atoms with Gasteiger partial charge in [-0.15, -0.1) is 12.6 Å². The monoisotopic (exact) mass is 539 g/mol. The molecule has 2 aromatic carbocycles. The first-order valence-corrected chi connectivity index (χ1v) is 13.4. The van der Waals surface area contributed by atoms with Gasteiger partial charge < -0.3 is 24.7 Å². The van der Waals surface area contributed by atoms with E-state index in [2.05, 4.69) is 23.3 Å². The number of nitrogens with one attached hydrogen (secondary N) is 2. The fraction of sp³-hybridized carbons (Fsp3) is 0.393. The number of halogens is 1. The molecule has 5 rings (SSSR count). The van der Waals surface area contributed by atoms with Gasteiger partial charge in [0.05, 0.1) is 18.3 Å². The van der Waals surface area contributed by atoms with Crippen LogP contribution in [-0.2, 0) is 9.59 Å². The second kappa shape index (κ2) is 11.1. The number of Topliss-reactive ketones (excluding diaryl/α,β-unsaturated/α-hetero) is 1. The summed E-state index contributed by atoms with van der Waals surface area (Å²) in [5.41, 5.74) is 0.0812. The van der Waals surface area contributed by atoms with Crippen LogP contribution in [0.2, 0.25) is 0 Å². The van der Waals surface area contributed by atoms with Gasteiger partial charge in [0.2, 0.25) is 5.91 Å². The Morgan fingerprint density at radius 1 is 1.13 bits per heavy atom. The van der Waals surface area contributed by atoms with Crippen molar-refractivity contribution >= 4 is 46.9 Å². The summed E-state index contributed by atoms with van der Waals surface area (Å²) >= 11 is 4.05.